The number of pyridine rings is 1. The van der Waals surface area contributed by atoms with Crippen LogP contribution in [0, 0.1) is 11.3 Å². The molecule has 1 aromatic heterocycles. The average Bonchev–Trinajstić information content (AvgIpc) is 2.17. The van der Waals surface area contributed by atoms with Crippen molar-refractivity contribution < 1.29 is 27.8 Å². The monoisotopic (exact) mass is 246 g/mol. The van der Waals surface area contributed by atoms with Crippen molar-refractivity contribution >= 4 is 5.97 Å². The molecule has 0 radical (unpaired) electrons. The molecule has 0 aliphatic rings. The second-order valence-electron chi connectivity index (χ2n) is 2.91. The Hall–Kier alpha value is -2.30. The van der Waals surface area contributed by atoms with Crippen LogP contribution in [0.4, 0.5) is 13.2 Å². The van der Waals surface area contributed by atoms with Crippen molar-refractivity contribution in [1.82, 2.24) is 4.98 Å². The van der Waals surface area contributed by atoms with Crippen molar-refractivity contribution in [2.24, 2.45) is 0 Å². The molecule has 5 nitrogen and oxygen atoms in total. The second-order valence-corrected chi connectivity index (χ2v) is 2.91. The highest BCUT2D eigenvalue weighted by Crippen LogP contribution is 2.22. The number of aliphatic carboxylic acids is 1. The van der Waals surface area contributed by atoms with Crippen molar-refractivity contribution in [2.75, 3.05) is 0 Å². The highest BCUT2D eigenvalue weighted by molar-refractivity contribution is 5.71. The van der Waals surface area contributed by atoms with E-state index in [0.717, 1.165) is 12.3 Å². The Morgan fingerprint density at radius 2 is 2.24 bits per heavy atom. The number of ether oxygens (including phenoxy) is 1. The summed E-state index contributed by atoms with van der Waals surface area (Å²) >= 11 is 0. The van der Waals surface area contributed by atoms with E-state index in [4.69, 9.17) is 10.4 Å². The van der Waals surface area contributed by atoms with Crippen LogP contribution >= 0.6 is 0 Å². The van der Waals surface area contributed by atoms with Crippen LogP contribution in [0.5, 0.6) is 5.88 Å². The lowest BCUT2D eigenvalue weighted by Gasteiger charge is -2.08. The maximum absolute atomic E-state index is 11.8. The van der Waals surface area contributed by atoms with E-state index in [2.05, 4.69) is 9.72 Å². The van der Waals surface area contributed by atoms with Crippen LogP contribution in [0.2, 0.25) is 0 Å². The van der Waals surface area contributed by atoms with E-state index >= 15 is 0 Å². The van der Waals surface area contributed by atoms with Gasteiger partial charge in [-0.1, -0.05) is 0 Å². The van der Waals surface area contributed by atoms with Gasteiger partial charge in [-0.15, -0.1) is 13.2 Å². The summed E-state index contributed by atoms with van der Waals surface area (Å²) in [7, 11) is 0. The number of aromatic nitrogens is 1. The SMILES string of the molecule is N#Cc1cc(OC(F)(F)F)ncc1CC(=O)O. The summed E-state index contributed by atoms with van der Waals surface area (Å²) < 4.78 is 39.0. The third-order valence-electron chi connectivity index (χ3n) is 1.64. The van der Waals surface area contributed by atoms with Gasteiger partial charge in [0.05, 0.1) is 18.1 Å². The topological polar surface area (TPSA) is 83.2 Å². The Morgan fingerprint density at radius 3 is 2.71 bits per heavy atom. The summed E-state index contributed by atoms with van der Waals surface area (Å²) in [4.78, 5) is 13.7. The molecular formula is C9H5F3N2O3. The molecule has 8 heteroatoms. The number of carboxylic acid groups (broad SMARTS) is 1. The number of hydrogen-bond acceptors (Lipinski definition) is 4. The maximum atomic E-state index is 11.8. The summed E-state index contributed by atoms with van der Waals surface area (Å²) in [5.41, 5.74) is -0.198. The van der Waals surface area contributed by atoms with Crippen LogP contribution < -0.4 is 4.74 Å². The minimum atomic E-state index is -4.91. The molecule has 0 unspecified atom stereocenters. The van der Waals surface area contributed by atoms with Gasteiger partial charge in [0, 0.05) is 12.3 Å². The highest BCUT2D eigenvalue weighted by atomic mass is 19.4. The van der Waals surface area contributed by atoms with E-state index in [1.807, 2.05) is 0 Å². The Morgan fingerprint density at radius 1 is 1.59 bits per heavy atom. The summed E-state index contributed by atoms with van der Waals surface area (Å²) in [6, 6.07) is 2.32. The maximum Gasteiger partial charge on any atom is 0.574 e. The lowest BCUT2D eigenvalue weighted by Crippen LogP contribution is -2.18. The van der Waals surface area contributed by atoms with Crippen molar-refractivity contribution in [2.45, 2.75) is 12.8 Å². The summed E-state index contributed by atoms with van der Waals surface area (Å²) in [5.74, 6) is -2.02. The number of carboxylic acids is 1. The lowest BCUT2D eigenvalue weighted by atomic mass is 10.1. The van der Waals surface area contributed by atoms with Gasteiger partial charge >= 0.3 is 12.3 Å². The number of alkyl halides is 3. The standard InChI is InChI=1S/C9H5F3N2O3/c10-9(11,12)17-7-1-5(3-13)6(4-14-7)2-8(15)16/h1,4H,2H2,(H,15,16). The van der Waals surface area contributed by atoms with Gasteiger partial charge in [-0.05, 0) is 5.56 Å². The fraction of sp³-hybridized carbons (Fsp3) is 0.222. The van der Waals surface area contributed by atoms with E-state index in [0.29, 0.717) is 0 Å². The largest absolute Gasteiger partial charge is 0.574 e. The Balaban J connectivity index is 3.01. The molecular weight excluding hydrogens is 241 g/mol. The van der Waals surface area contributed by atoms with E-state index in [1.54, 1.807) is 6.07 Å². The number of halogens is 3. The molecule has 1 rings (SSSR count). The minimum Gasteiger partial charge on any atom is -0.481 e. The Labute approximate surface area is 93.1 Å². The number of nitriles is 1. The smallest absolute Gasteiger partial charge is 0.481 e. The lowest BCUT2D eigenvalue weighted by molar-refractivity contribution is -0.276. The van der Waals surface area contributed by atoms with Crippen LogP contribution in [0.25, 0.3) is 0 Å². The molecule has 0 atom stereocenters. The highest BCUT2D eigenvalue weighted by Gasteiger charge is 2.32. The first-order chi connectivity index (χ1) is 7.81. The number of hydrogen-bond donors (Lipinski definition) is 1. The van der Waals surface area contributed by atoms with E-state index in [1.165, 1.54) is 0 Å². The average molecular weight is 246 g/mol. The van der Waals surface area contributed by atoms with E-state index in [-0.39, 0.29) is 11.1 Å². The summed E-state index contributed by atoms with van der Waals surface area (Å²) in [5, 5.41) is 17.1. The van der Waals surface area contributed by atoms with Gasteiger partial charge < -0.3 is 9.84 Å². The Kier molecular flexibility index (Phi) is 3.52. The van der Waals surface area contributed by atoms with Gasteiger partial charge in [-0.25, -0.2) is 4.98 Å². The predicted octanol–water partition coefficient (Wildman–Crippen LogP) is 1.48. The van der Waals surface area contributed by atoms with Crippen molar-refractivity contribution in [3.05, 3.63) is 23.4 Å². The van der Waals surface area contributed by atoms with Crippen molar-refractivity contribution in [3.8, 4) is 11.9 Å². The molecule has 0 saturated heterocycles. The van der Waals surface area contributed by atoms with Crippen LogP contribution in [-0.4, -0.2) is 22.4 Å². The molecule has 17 heavy (non-hydrogen) atoms. The predicted molar refractivity (Wildman–Crippen MR) is 47.0 cm³/mol. The summed E-state index contributed by atoms with van der Waals surface area (Å²) in [6.07, 6.45) is -4.54. The van der Waals surface area contributed by atoms with Gasteiger partial charge in [0.2, 0.25) is 5.88 Å². The normalized spacial score (nSPS) is 10.7. The molecule has 1 heterocycles. The molecule has 0 saturated carbocycles. The molecule has 90 valence electrons. The fourth-order valence-electron chi connectivity index (χ4n) is 1.05. The number of carbonyl (C=O) groups is 1. The molecule has 0 aliphatic carbocycles. The van der Waals surface area contributed by atoms with Crippen LogP contribution in [0.1, 0.15) is 11.1 Å². The first-order valence-electron chi connectivity index (χ1n) is 4.18. The minimum absolute atomic E-state index is 0.0227. The van der Waals surface area contributed by atoms with Crippen LogP contribution in [0.15, 0.2) is 12.3 Å². The molecule has 1 N–H and O–H groups in total. The van der Waals surface area contributed by atoms with E-state index < -0.39 is 24.6 Å². The van der Waals surface area contributed by atoms with Gasteiger partial charge in [0.1, 0.15) is 0 Å². The number of nitrogens with zero attached hydrogens (tertiary/aromatic N) is 2. The molecule has 0 aromatic carbocycles. The fourth-order valence-corrected chi connectivity index (χ4v) is 1.05. The van der Waals surface area contributed by atoms with Gasteiger partial charge in [0.15, 0.2) is 0 Å². The molecule has 0 spiro atoms. The van der Waals surface area contributed by atoms with Crippen LogP contribution in [0.3, 0.4) is 0 Å². The van der Waals surface area contributed by atoms with Gasteiger partial charge in [-0.3, -0.25) is 4.79 Å². The second kappa shape index (κ2) is 4.69. The van der Waals surface area contributed by atoms with Gasteiger partial charge in [-0.2, -0.15) is 5.26 Å². The molecule has 1 aromatic rings. The molecule has 0 amide bonds. The zero-order valence-corrected chi connectivity index (χ0v) is 8.15. The first kappa shape index (κ1) is 12.8. The van der Waals surface area contributed by atoms with E-state index in [9.17, 15) is 18.0 Å². The third kappa shape index (κ3) is 3.98. The van der Waals surface area contributed by atoms with Crippen molar-refractivity contribution in [1.29, 1.82) is 5.26 Å². The third-order valence-corrected chi connectivity index (χ3v) is 1.64. The van der Waals surface area contributed by atoms with Crippen LogP contribution in [-0.2, 0) is 11.2 Å². The first-order valence-corrected chi connectivity index (χ1v) is 4.18. The summed E-state index contributed by atoms with van der Waals surface area (Å²) in [6.45, 7) is 0. The molecule has 0 bridgehead atoms. The molecule has 0 aliphatic heterocycles. The van der Waals surface area contributed by atoms with Crippen molar-refractivity contribution in [3.63, 3.8) is 0 Å². The quantitative estimate of drug-likeness (QED) is 0.873. The Bertz CT molecular complexity index is 479. The van der Waals surface area contributed by atoms with Gasteiger partial charge in [0.25, 0.3) is 0 Å². The number of rotatable bonds is 3. The zero-order valence-electron chi connectivity index (χ0n) is 8.15. The zero-order chi connectivity index (χ0) is 13.1. The molecule has 0 fully saturated rings.